The van der Waals surface area contributed by atoms with Crippen LogP contribution in [0.4, 0.5) is 0 Å². The molecule has 0 fully saturated rings. The molecule has 0 N–H and O–H groups in total. The third kappa shape index (κ3) is 1.76. The molecule has 0 aliphatic carbocycles. The maximum Gasteiger partial charge on any atom is 0.201 e. The summed E-state index contributed by atoms with van der Waals surface area (Å²) in [5.41, 5.74) is 1.45. The summed E-state index contributed by atoms with van der Waals surface area (Å²) in [7, 11) is 0. The third-order valence-corrected chi connectivity index (χ3v) is 3.97. The molecule has 3 aromatic carbocycles. The van der Waals surface area contributed by atoms with Gasteiger partial charge in [-0.25, -0.2) is 0 Å². The van der Waals surface area contributed by atoms with Gasteiger partial charge in [0, 0.05) is 5.56 Å². The number of hydrogen-bond donors (Lipinski definition) is 0. The van der Waals surface area contributed by atoms with Gasteiger partial charge in [-0.05, 0) is 35.9 Å². The number of carbonyl (C=O) groups excluding carboxylic acids is 1. The van der Waals surface area contributed by atoms with Crippen molar-refractivity contribution in [3.05, 3.63) is 70.4 Å². The van der Waals surface area contributed by atoms with Crippen LogP contribution < -0.4 is 5.43 Å². The number of fused-ring (bicyclic) bond motifs is 4. The van der Waals surface area contributed by atoms with Gasteiger partial charge in [0.25, 0.3) is 0 Å². The molecule has 0 bridgehead atoms. The molecular weight excluding hydrogens is 276 g/mol. The van der Waals surface area contributed by atoms with Gasteiger partial charge in [-0.15, -0.1) is 0 Å². The maximum absolute atomic E-state index is 12.8. The summed E-state index contributed by atoms with van der Waals surface area (Å²) in [5.74, 6) is -0.0526. The van der Waals surface area contributed by atoms with Gasteiger partial charge in [0.05, 0.1) is 10.8 Å². The first-order chi connectivity index (χ1) is 10.6. The second kappa shape index (κ2) is 4.53. The average Bonchev–Trinajstić information content (AvgIpc) is 2.54. The van der Waals surface area contributed by atoms with E-state index in [0.717, 1.165) is 10.8 Å². The highest BCUT2D eigenvalue weighted by molar-refractivity contribution is 6.08. The predicted molar refractivity (Wildman–Crippen MR) is 87.5 cm³/mol. The zero-order valence-electron chi connectivity index (χ0n) is 11.9. The summed E-state index contributed by atoms with van der Waals surface area (Å²) < 4.78 is 5.87. The Morgan fingerprint density at radius 2 is 1.73 bits per heavy atom. The molecule has 4 rings (SSSR count). The molecule has 3 nitrogen and oxygen atoms in total. The number of rotatable bonds is 1. The van der Waals surface area contributed by atoms with Gasteiger partial charge in [-0.3, -0.25) is 9.59 Å². The standard InChI is InChI=1S/C19H12O3/c1-11(20)13-6-8-15-17(10-13)22-16-9-7-12-4-2-3-5-14(12)18(16)19(15)21/h2-10H,1H3. The zero-order chi connectivity index (χ0) is 15.3. The Bertz CT molecular complexity index is 1120. The van der Waals surface area contributed by atoms with Crippen molar-refractivity contribution in [2.75, 3.05) is 0 Å². The van der Waals surface area contributed by atoms with Gasteiger partial charge in [-0.2, -0.15) is 0 Å². The van der Waals surface area contributed by atoms with Crippen molar-refractivity contribution in [3.63, 3.8) is 0 Å². The minimum absolute atomic E-state index is 0.0526. The molecule has 0 atom stereocenters. The summed E-state index contributed by atoms with van der Waals surface area (Å²) in [5, 5.41) is 2.96. The van der Waals surface area contributed by atoms with Crippen LogP contribution in [0.15, 0.2) is 63.8 Å². The SMILES string of the molecule is CC(=O)c1ccc2c(=O)c3c(ccc4ccccc43)oc2c1. The minimum Gasteiger partial charge on any atom is -0.456 e. The van der Waals surface area contributed by atoms with E-state index >= 15 is 0 Å². The van der Waals surface area contributed by atoms with Crippen LogP contribution in [-0.4, -0.2) is 5.78 Å². The molecule has 0 aliphatic heterocycles. The van der Waals surface area contributed by atoms with E-state index in [4.69, 9.17) is 4.42 Å². The number of carbonyl (C=O) groups is 1. The van der Waals surface area contributed by atoms with E-state index in [9.17, 15) is 9.59 Å². The first-order valence-corrected chi connectivity index (χ1v) is 7.04. The van der Waals surface area contributed by atoms with Crippen molar-refractivity contribution in [1.29, 1.82) is 0 Å². The lowest BCUT2D eigenvalue weighted by atomic mass is 10.0. The number of benzene rings is 3. The number of hydrogen-bond acceptors (Lipinski definition) is 3. The topological polar surface area (TPSA) is 47.3 Å². The largest absolute Gasteiger partial charge is 0.456 e. The second-order valence-corrected chi connectivity index (χ2v) is 5.36. The summed E-state index contributed by atoms with van der Waals surface area (Å²) in [6.45, 7) is 1.49. The van der Waals surface area contributed by atoms with Gasteiger partial charge in [0.15, 0.2) is 5.78 Å². The Morgan fingerprint density at radius 1 is 0.909 bits per heavy atom. The lowest BCUT2D eigenvalue weighted by Crippen LogP contribution is -2.04. The highest BCUT2D eigenvalue weighted by atomic mass is 16.3. The second-order valence-electron chi connectivity index (χ2n) is 5.36. The van der Waals surface area contributed by atoms with E-state index in [1.807, 2.05) is 30.3 Å². The van der Waals surface area contributed by atoms with Gasteiger partial charge in [0.2, 0.25) is 5.43 Å². The molecule has 0 unspecified atom stereocenters. The first kappa shape index (κ1) is 12.8. The quantitative estimate of drug-likeness (QED) is 0.298. The van der Waals surface area contributed by atoms with Gasteiger partial charge >= 0.3 is 0 Å². The summed E-state index contributed by atoms with van der Waals surface area (Å²) >= 11 is 0. The first-order valence-electron chi connectivity index (χ1n) is 7.04. The van der Waals surface area contributed by atoms with Crippen LogP contribution in [0.5, 0.6) is 0 Å². The van der Waals surface area contributed by atoms with Crippen LogP contribution in [0.2, 0.25) is 0 Å². The zero-order valence-corrected chi connectivity index (χ0v) is 11.9. The van der Waals surface area contributed by atoms with Crippen molar-refractivity contribution < 1.29 is 9.21 Å². The van der Waals surface area contributed by atoms with Crippen LogP contribution in [0.1, 0.15) is 17.3 Å². The Kier molecular flexibility index (Phi) is 2.63. The van der Waals surface area contributed by atoms with E-state index in [1.54, 1.807) is 24.3 Å². The molecule has 0 saturated heterocycles. The van der Waals surface area contributed by atoms with Crippen molar-refractivity contribution in [1.82, 2.24) is 0 Å². The Morgan fingerprint density at radius 3 is 2.55 bits per heavy atom. The molecule has 0 saturated carbocycles. The number of ketones is 1. The molecule has 0 radical (unpaired) electrons. The van der Waals surface area contributed by atoms with E-state index in [0.29, 0.717) is 27.5 Å². The number of Topliss-reactive ketones (excluding diaryl/α,β-unsaturated/α-hetero) is 1. The smallest absolute Gasteiger partial charge is 0.201 e. The molecular formula is C19H12O3. The lowest BCUT2D eigenvalue weighted by Gasteiger charge is -2.05. The molecule has 3 heteroatoms. The van der Waals surface area contributed by atoms with Crippen molar-refractivity contribution in [3.8, 4) is 0 Å². The van der Waals surface area contributed by atoms with E-state index in [2.05, 4.69) is 0 Å². The van der Waals surface area contributed by atoms with Crippen LogP contribution in [0, 0.1) is 0 Å². The summed E-state index contributed by atoms with van der Waals surface area (Å²) in [4.78, 5) is 24.3. The van der Waals surface area contributed by atoms with Crippen LogP contribution in [0.3, 0.4) is 0 Å². The predicted octanol–water partition coefficient (Wildman–Crippen LogP) is 4.30. The van der Waals surface area contributed by atoms with Crippen molar-refractivity contribution in [2.45, 2.75) is 6.92 Å². The summed E-state index contributed by atoms with van der Waals surface area (Å²) in [6.07, 6.45) is 0. The Balaban J connectivity index is 2.22. The van der Waals surface area contributed by atoms with Gasteiger partial charge < -0.3 is 4.42 Å². The molecule has 4 aromatic rings. The average molecular weight is 288 g/mol. The van der Waals surface area contributed by atoms with E-state index < -0.39 is 0 Å². The Hall–Kier alpha value is -2.94. The summed E-state index contributed by atoms with van der Waals surface area (Å²) in [6, 6.07) is 16.4. The maximum atomic E-state index is 12.8. The molecule has 1 aromatic heterocycles. The highest BCUT2D eigenvalue weighted by Crippen LogP contribution is 2.26. The van der Waals surface area contributed by atoms with Crippen molar-refractivity contribution >= 4 is 38.5 Å². The van der Waals surface area contributed by atoms with E-state index in [1.165, 1.54) is 6.92 Å². The Labute approximate surface area is 125 Å². The van der Waals surface area contributed by atoms with Crippen LogP contribution >= 0.6 is 0 Å². The molecule has 0 spiro atoms. The molecule has 106 valence electrons. The molecule has 22 heavy (non-hydrogen) atoms. The monoisotopic (exact) mass is 288 g/mol. The lowest BCUT2D eigenvalue weighted by molar-refractivity contribution is 0.101. The molecule has 1 heterocycles. The van der Waals surface area contributed by atoms with Gasteiger partial charge in [-0.1, -0.05) is 36.4 Å². The fourth-order valence-electron chi connectivity index (χ4n) is 2.84. The van der Waals surface area contributed by atoms with Gasteiger partial charge in [0.1, 0.15) is 11.2 Å². The molecule has 0 aliphatic rings. The fraction of sp³-hybridized carbons (Fsp3) is 0.0526. The molecule has 0 amide bonds. The van der Waals surface area contributed by atoms with Crippen molar-refractivity contribution in [2.24, 2.45) is 0 Å². The van der Waals surface area contributed by atoms with E-state index in [-0.39, 0.29) is 11.2 Å². The minimum atomic E-state index is -0.0665. The van der Waals surface area contributed by atoms with Crippen LogP contribution in [-0.2, 0) is 0 Å². The highest BCUT2D eigenvalue weighted by Gasteiger charge is 2.12. The third-order valence-electron chi connectivity index (χ3n) is 3.97. The van der Waals surface area contributed by atoms with Crippen LogP contribution in [0.25, 0.3) is 32.7 Å². The fourth-order valence-corrected chi connectivity index (χ4v) is 2.84. The normalized spacial score (nSPS) is 11.3.